The molecule has 1 aromatic rings. The molecular formula is C15H23NO3. The number of amides is 1. The standard InChI is InChI=1S/C15H23NO3/c1-4-14(15(18)16(5-2)10-11-17)12-6-8-13(19-3)9-7-12/h6-9,14,17H,4-5,10-11H2,1-3H3. The van der Waals surface area contributed by atoms with E-state index < -0.39 is 0 Å². The molecular weight excluding hydrogens is 242 g/mol. The summed E-state index contributed by atoms with van der Waals surface area (Å²) in [5, 5.41) is 9.00. The molecule has 0 saturated heterocycles. The number of rotatable bonds is 7. The quantitative estimate of drug-likeness (QED) is 0.820. The molecule has 0 aliphatic rings. The maximum atomic E-state index is 12.4. The second-order valence-corrected chi connectivity index (χ2v) is 4.38. The van der Waals surface area contributed by atoms with E-state index in [1.165, 1.54) is 0 Å². The van der Waals surface area contributed by atoms with Crippen molar-refractivity contribution < 1.29 is 14.6 Å². The highest BCUT2D eigenvalue weighted by Crippen LogP contribution is 2.24. The van der Waals surface area contributed by atoms with Crippen LogP contribution in [0.5, 0.6) is 5.75 Å². The van der Waals surface area contributed by atoms with Crippen LogP contribution in [-0.2, 0) is 4.79 Å². The topological polar surface area (TPSA) is 49.8 Å². The number of hydrogen-bond donors (Lipinski definition) is 1. The van der Waals surface area contributed by atoms with E-state index in [2.05, 4.69) is 0 Å². The van der Waals surface area contributed by atoms with Gasteiger partial charge in [0.1, 0.15) is 5.75 Å². The maximum absolute atomic E-state index is 12.4. The molecule has 0 spiro atoms. The number of ether oxygens (including phenoxy) is 1. The fraction of sp³-hybridized carbons (Fsp3) is 0.533. The lowest BCUT2D eigenvalue weighted by Gasteiger charge is -2.25. The van der Waals surface area contributed by atoms with Crippen molar-refractivity contribution in [2.45, 2.75) is 26.2 Å². The molecule has 1 unspecified atom stereocenters. The predicted molar refractivity (Wildman–Crippen MR) is 75.4 cm³/mol. The summed E-state index contributed by atoms with van der Waals surface area (Å²) >= 11 is 0. The third-order valence-corrected chi connectivity index (χ3v) is 3.29. The van der Waals surface area contributed by atoms with Crippen molar-refractivity contribution in [3.63, 3.8) is 0 Å². The first kappa shape index (κ1) is 15.5. The van der Waals surface area contributed by atoms with Crippen LogP contribution in [0.15, 0.2) is 24.3 Å². The fourth-order valence-electron chi connectivity index (χ4n) is 2.15. The molecule has 0 aliphatic heterocycles. The molecule has 0 fully saturated rings. The van der Waals surface area contributed by atoms with Gasteiger partial charge in [0.05, 0.1) is 19.6 Å². The van der Waals surface area contributed by atoms with Gasteiger partial charge in [0, 0.05) is 13.1 Å². The Labute approximate surface area is 115 Å². The zero-order chi connectivity index (χ0) is 14.3. The normalized spacial score (nSPS) is 12.0. The first-order chi connectivity index (χ1) is 9.17. The zero-order valence-corrected chi connectivity index (χ0v) is 11.9. The lowest BCUT2D eigenvalue weighted by Crippen LogP contribution is -2.36. The number of benzene rings is 1. The van der Waals surface area contributed by atoms with Crippen LogP contribution in [0.3, 0.4) is 0 Å². The van der Waals surface area contributed by atoms with Crippen LogP contribution in [-0.4, -0.2) is 42.7 Å². The van der Waals surface area contributed by atoms with E-state index in [9.17, 15) is 4.79 Å². The van der Waals surface area contributed by atoms with E-state index in [-0.39, 0.29) is 18.4 Å². The van der Waals surface area contributed by atoms with E-state index in [1.54, 1.807) is 12.0 Å². The molecule has 1 aromatic carbocycles. The van der Waals surface area contributed by atoms with Crippen LogP contribution < -0.4 is 4.74 Å². The Kier molecular flexibility index (Phi) is 6.36. The highest BCUT2D eigenvalue weighted by molar-refractivity contribution is 5.83. The van der Waals surface area contributed by atoms with Gasteiger partial charge in [-0.05, 0) is 31.0 Å². The Hall–Kier alpha value is -1.55. The van der Waals surface area contributed by atoms with Crippen LogP contribution in [0.4, 0.5) is 0 Å². The summed E-state index contributed by atoms with van der Waals surface area (Å²) in [6, 6.07) is 7.59. The number of nitrogens with zero attached hydrogens (tertiary/aromatic N) is 1. The molecule has 0 radical (unpaired) electrons. The minimum absolute atomic E-state index is 0.00136. The van der Waals surface area contributed by atoms with Gasteiger partial charge in [-0.1, -0.05) is 19.1 Å². The van der Waals surface area contributed by atoms with Gasteiger partial charge in [0.2, 0.25) is 5.91 Å². The number of aliphatic hydroxyl groups is 1. The molecule has 0 saturated carbocycles. The number of hydrogen-bond acceptors (Lipinski definition) is 3. The van der Waals surface area contributed by atoms with Crippen molar-refractivity contribution in [2.24, 2.45) is 0 Å². The molecule has 0 bridgehead atoms. The smallest absolute Gasteiger partial charge is 0.230 e. The van der Waals surface area contributed by atoms with Crippen LogP contribution >= 0.6 is 0 Å². The molecule has 19 heavy (non-hydrogen) atoms. The van der Waals surface area contributed by atoms with Crippen LogP contribution in [0.1, 0.15) is 31.7 Å². The van der Waals surface area contributed by atoms with E-state index in [0.29, 0.717) is 13.1 Å². The molecule has 1 amide bonds. The number of aliphatic hydroxyl groups excluding tert-OH is 1. The van der Waals surface area contributed by atoms with Gasteiger partial charge in [-0.2, -0.15) is 0 Å². The largest absolute Gasteiger partial charge is 0.497 e. The van der Waals surface area contributed by atoms with Gasteiger partial charge in [0.15, 0.2) is 0 Å². The Balaban J connectivity index is 2.88. The van der Waals surface area contributed by atoms with E-state index in [1.807, 2.05) is 38.1 Å². The van der Waals surface area contributed by atoms with Crippen LogP contribution in [0, 0.1) is 0 Å². The summed E-state index contributed by atoms with van der Waals surface area (Å²) in [6.07, 6.45) is 0.743. The summed E-state index contributed by atoms with van der Waals surface area (Å²) in [7, 11) is 1.62. The van der Waals surface area contributed by atoms with E-state index in [0.717, 1.165) is 17.7 Å². The Bertz CT molecular complexity index is 389. The van der Waals surface area contributed by atoms with Gasteiger partial charge >= 0.3 is 0 Å². The minimum atomic E-state index is -0.155. The minimum Gasteiger partial charge on any atom is -0.497 e. The van der Waals surface area contributed by atoms with Crippen molar-refractivity contribution in [3.05, 3.63) is 29.8 Å². The molecule has 1 N–H and O–H groups in total. The third kappa shape index (κ3) is 3.96. The molecule has 4 heteroatoms. The predicted octanol–water partition coefficient (Wildman–Crippen LogP) is 2.03. The highest BCUT2D eigenvalue weighted by atomic mass is 16.5. The Morgan fingerprint density at radius 1 is 1.32 bits per heavy atom. The van der Waals surface area contributed by atoms with Gasteiger partial charge < -0.3 is 14.7 Å². The Morgan fingerprint density at radius 2 is 1.95 bits per heavy atom. The summed E-state index contributed by atoms with van der Waals surface area (Å²) in [5.41, 5.74) is 0.990. The Morgan fingerprint density at radius 3 is 2.37 bits per heavy atom. The molecule has 1 rings (SSSR count). The van der Waals surface area contributed by atoms with E-state index in [4.69, 9.17) is 9.84 Å². The van der Waals surface area contributed by atoms with Gasteiger partial charge in [0.25, 0.3) is 0 Å². The summed E-state index contributed by atoms with van der Waals surface area (Å²) in [5.74, 6) is 0.704. The summed E-state index contributed by atoms with van der Waals surface area (Å²) in [6.45, 7) is 4.93. The van der Waals surface area contributed by atoms with Gasteiger partial charge in [-0.3, -0.25) is 4.79 Å². The molecule has 4 nitrogen and oxygen atoms in total. The first-order valence-electron chi connectivity index (χ1n) is 6.71. The number of carbonyl (C=O) groups is 1. The highest BCUT2D eigenvalue weighted by Gasteiger charge is 2.23. The molecule has 0 aromatic heterocycles. The second kappa shape index (κ2) is 7.79. The lowest BCUT2D eigenvalue weighted by molar-refractivity contribution is -0.133. The van der Waals surface area contributed by atoms with Crippen LogP contribution in [0.25, 0.3) is 0 Å². The van der Waals surface area contributed by atoms with Crippen molar-refractivity contribution in [3.8, 4) is 5.75 Å². The molecule has 0 heterocycles. The maximum Gasteiger partial charge on any atom is 0.230 e. The van der Waals surface area contributed by atoms with Gasteiger partial charge in [-0.25, -0.2) is 0 Å². The zero-order valence-electron chi connectivity index (χ0n) is 11.9. The van der Waals surface area contributed by atoms with Crippen molar-refractivity contribution in [1.29, 1.82) is 0 Å². The lowest BCUT2D eigenvalue weighted by atomic mass is 9.95. The second-order valence-electron chi connectivity index (χ2n) is 4.38. The number of methoxy groups -OCH3 is 1. The van der Waals surface area contributed by atoms with Crippen LogP contribution in [0.2, 0.25) is 0 Å². The third-order valence-electron chi connectivity index (χ3n) is 3.29. The molecule has 106 valence electrons. The van der Waals surface area contributed by atoms with Crippen molar-refractivity contribution in [2.75, 3.05) is 26.8 Å². The SMILES string of the molecule is CCC(C(=O)N(CC)CCO)c1ccc(OC)cc1. The monoisotopic (exact) mass is 265 g/mol. The molecule has 1 atom stereocenters. The van der Waals surface area contributed by atoms with E-state index >= 15 is 0 Å². The fourth-order valence-corrected chi connectivity index (χ4v) is 2.15. The van der Waals surface area contributed by atoms with Crippen molar-refractivity contribution >= 4 is 5.91 Å². The average molecular weight is 265 g/mol. The van der Waals surface area contributed by atoms with Crippen molar-refractivity contribution in [1.82, 2.24) is 4.90 Å². The summed E-state index contributed by atoms with van der Waals surface area (Å²) in [4.78, 5) is 14.1. The summed E-state index contributed by atoms with van der Waals surface area (Å²) < 4.78 is 5.12. The molecule has 0 aliphatic carbocycles. The number of carbonyl (C=O) groups excluding carboxylic acids is 1. The first-order valence-corrected chi connectivity index (χ1v) is 6.71. The van der Waals surface area contributed by atoms with Gasteiger partial charge in [-0.15, -0.1) is 0 Å². The number of likely N-dealkylation sites (N-methyl/N-ethyl adjacent to an activating group) is 1. The average Bonchev–Trinajstić information content (AvgIpc) is 2.46.